The van der Waals surface area contributed by atoms with Gasteiger partial charge in [0, 0.05) is 46.3 Å². The van der Waals surface area contributed by atoms with Gasteiger partial charge in [-0.2, -0.15) is 0 Å². The maximum absolute atomic E-state index is 13.5. The maximum Gasteiger partial charge on any atom is 0.258 e. The highest BCUT2D eigenvalue weighted by Gasteiger charge is 2.31. The number of hydrogen-bond donors (Lipinski definition) is 2. The molecule has 0 saturated carbocycles. The molecule has 1 aromatic carbocycles. The number of rotatable bonds is 6. The zero-order chi connectivity index (χ0) is 27.7. The van der Waals surface area contributed by atoms with Crippen LogP contribution < -0.4 is 15.4 Å². The summed E-state index contributed by atoms with van der Waals surface area (Å²) in [5, 5.41) is 5.66. The number of benzene rings is 1. The standard InChI is InChI=1S/C27H41N5O6/c1-19(2)15-22-27(36)32(13-14-37-4)17-24(33)28-23(26(35)31-11-9-30(3)10-12-31)16-20-5-7-21(8-6-20)38-18-25(34)29-22/h5-8,19,22-23H,9-18H2,1-4H3,(H,28,33)(H,29,34)/t22-,23-/m0/s1. The average Bonchev–Trinajstić information content (AvgIpc) is 2.88. The van der Waals surface area contributed by atoms with Crippen molar-refractivity contribution in [2.45, 2.75) is 38.8 Å². The van der Waals surface area contributed by atoms with Crippen molar-refractivity contribution >= 4 is 23.6 Å². The number of nitrogens with zero attached hydrogens (tertiary/aromatic N) is 3. The SMILES string of the molecule is COCCN1CC(=O)N[C@H](C(=O)N2CCN(C)CC2)Cc2ccc(cc2)OCC(=O)N[C@@H](CC(C)C)C1=O. The molecule has 11 nitrogen and oxygen atoms in total. The Hall–Kier alpha value is -3.18. The number of fused-ring (bicyclic) bond motifs is 13. The van der Waals surface area contributed by atoms with Gasteiger partial charge in [0.05, 0.1) is 13.2 Å². The van der Waals surface area contributed by atoms with E-state index in [0.29, 0.717) is 31.7 Å². The topological polar surface area (TPSA) is 121 Å². The zero-order valence-corrected chi connectivity index (χ0v) is 22.9. The molecule has 0 spiro atoms. The zero-order valence-electron chi connectivity index (χ0n) is 22.9. The highest BCUT2D eigenvalue weighted by molar-refractivity contribution is 5.93. The summed E-state index contributed by atoms with van der Waals surface area (Å²) in [7, 11) is 3.53. The summed E-state index contributed by atoms with van der Waals surface area (Å²) >= 11 is 0. The minimum absolute atomic E-state index is 0.118. The van der Waals surface area contributed by atoms with Crippen LogP contribution in [-0.4, -0.2) is 117 Å². The summed E-state index contributed by atoms with van der Waals surface area (Å²) in [5.74, 6) is -0.774. The molecule has 1 saturated heterocycles. The van der Waals surface area contributed by atoms with Gasteiger partial charge in [0.2, 0.25) is 17.7 Å². The van der Waals surface area contributed by atoms with Crippen molar-refractivity contribution < 1.29 is 28.7 Å². The van der Waals surface area contributed by atoms with Crippen molar-refractivity contribution in [3.05, 3.63) is 29.8 Å². The van der Waals surface area contributed by atoms with Crippen molar-refractivity contribution in [3.63, 3.8) is 0 Å². The number of carbonyl (C=O) groups is 4. The van der Waals surface area contributed by atoms with Gasteiger partial charge in [-0.05, 0) is 37.1 Å². The van der Waals surface area contributed by atoms with Gasteiger partial charge in [-0.1, -0.05) is 26.0 Å². The third kappa shape index (κ3) is 8.70. The second-order valence-electron chi connectivity index (χ2n) is 10.4. The number of hydrogen-bond acceptors (Lipinski definition) is 7. The van der Waals surface area contributed by atoms with E-state index in [9.17, 15) is 19.2 Å². The molecule has 38 heavy (non-hydrogen) atoms. The van der Waals surface area contributed by atoms with Gasteiger partial charge in [-0.25, -0.2) is 0 Å². The van der Waals surface area contributed by atoms with Gasteiger partial charge in [-0.15, -0.1) is 0 Å². The molecule has 4 amide bonds. The molecule has 1 aromatic rings. The molecule has 0 radical (unpaired) electrons. The summed E-state index contributed by atoms with van der Waals surface area (Å²) in [5.41, 5.74) is 0.839. The van der Waals surface area contributed by atoms with Crippen LogP contribution >= 0.6 is 0 Å². The molecule has 4 rings (SSSR count). The Balaban J connectivity index is 1.89. The lowest BCUT2D eigenvalue weighted by Gasteiger charge is -2.35. The molecule has 1 fully saturated rings. The first-order valence-electron chi connectivity index (χ1n) is 13.2. The Morgan fingerprint density at radius 2 is 1.74 bits per heavy atom. The summed E-state index contributed by atoms with van der Waals surface area (Å²) in [6, 6.07) is 5.51. The van der Waals surface area contributed by atoms with Crippen molar-refractivity contribution in [1.29, 1.82) is 0 Å². The van der Waals surface area contributed by atoms with Crippen LogP contribution in [0.4, 0.5) is 0 Å². The van der Waals surface area contributed by atoms with Crippen molar-refractivity contribution in [2.24, 2.45) is 5.92 Å². The van der Waals surface area contributed by atoms with Crippen LogP contribution in [0.2, 0.25) is 0 Å². The Morgan fingerprint density at radius 3 is 2.37 bits per heavy atom. The van der Waals surface area contributed by atoms with Crippen molar-refractivity contribution in [1.82, 2.24) is 25.3 Å². The van der Waals surface area contributed by atoms with E-state index in [1.165, 1.54) is 12.0 Å². The molecule has 2 N–H and O–H groups in total. The van der Waals surface area contributed by atoms with Crippen LogP contribution in [0.25, 0.3) is 0 Å². The quantitative estimate of drug-likeness (QED) is 0.492. The van der Waals surface area contributed by atoms with E-state index in [1.807, 2.05) is 33.0 Å². The van der Waals surface area contributed by atoms with Crippen molar-refractivity contribution in [2.75, 3.05) is 66.6 Å². The van der Waals surface area contributed by atoms with E-state index >= 15 is 0 Å². The number of ether oxygens (including phenoxy) is 2. The van der Waals surface area contributed by atoms with E-state index in [1.54, 1.807) is 17.0 Å². The third-order valence-electron chi connectivity index (χ3n) is 6.73. The minimum atomic E-state index is -0.825. The van der Waals surface area contributed by atoms with Gasteiger partial charge in [0.15, 0.2) is 6.61 Å². The van der Waals surface area contributed by atoms with Crippen molar-refractivity contribution in [3.8, 4) is 5.75 Å². The highest BCUT2D eigenvalue weighted by atomic mass is 16.5. The molecule has 0 unspecified atom stereocenters. The molecule has 3 heterocycles. The lowest BCUT2D eigenvalue weighted by molar-refractivity contribution is -0.142. The second kappa shape index (κ2) is 14.1. The Morgan fingerprint density at radius 1 is 1.05 bits per heavy atom. The lowest BCUT2D eigenvalue weighted by atomic mass is 10.0. The molecule has 2 atom stereocenters. The molecule has 2 bridgehead atoms. The molecule has 0 aromatic heterocycles. The number of nitrogens with one attached hydrogen (secondary N) is 2. The summed E-state index contributed by atoms with van der Waals surface area (Å²) in [4.78, 5) is 58.2. The molecular weight excluding hydrogens is 490 g/mol. The van der Waals surface area contributed by atoms with Crippen LogP contribution in [0.15, 0.2) is 24.3 Å². The molecular formula is C27H41N5O6. The lowest BCUT2D eigenvalue weighted by Crippen LogP contribution is -2.57. The molecule has 3 aliphatic heterocycles. The summed E-state index contributed by atoms with van der Waals surface area (Å²) < 4.78 is 10.8. The number of amides is 4. The summed E-state index contributed by atoms with van der Waals surface area (Å²) in [6.07, 6.45) is 0.689. The fourth-order valence-electron chi connectivity index (χ4n) is 4.58. The van der Waals surface area contributed by atoms with Gasteiger partial charge >= 0.3 is 0 Å². The first-order chi connectivity index (χ1) is 18.2. The number of likely N-dealkylation sites (N-methyl/N-ethyl adjacent to an activating group) is 1. The minimum Gasteiger partial charge on any atom is -0.484 e. The summed E-state index contributed by atoms with van der Waals surface area (Å²) in [6.45, 7) is 6.50. The molecule has 0 aliphatic carbocycles. The monoisotopic (exact) mass is 531 g/mol. The molecule has 210 valence electrons. The van der Waals surface area contributed by atoms with Gasteiger partial charge in [0.1, 0.15) is 17.8 Å². The normalized spacial score (nSPS) is 22.3. The third-order valence-corrected chi connectivity index (χ3v) is 6.73. The number of carbonyl (C=O) groups excluding carboxylic acids is 4. The predicted molar refractivity (Wildman–Crippen MR) is 141 cm³/mol. The van der Waals surface area contributed by atoms with Crippen LogP contribution in [0.1, 0.15) is 25.8 Å². The van der Waals surface area contributed by atoms with Gasteiger partial charge in [0.25, 0.3) is 5.91 Å². The van der Waals surface area contributed by atoms with E-state index in [0.717, 1.165) is 18.7 Å². The first-order valence-corrected chi connectivity index (χ1v) is 13.2. The highest BCUT2D eigenvalue weighted by Crippen LogP contribution is 2.16. The largest absolute Gasteiger partial charge is 0.484 e. The van der Waals surface area contributed by atoms with E-state index in [2.05, 4.69) is 15.5 Å². The Kier molecular flexibility index (Phi) is 10.9. The van der Waals surface area contributed by atoms with Gasteiger partial charge < -0.3 is 34.8 Å². The van der Waals surface area contributed by atoms with Gasteiger partial charge in [-0.3, -0.25) is 19.2 Å². The Bertz CT molecular complexity index is 961. The van der Waals surface area contributed by atoms with Crippen LogP contribution in [0.3, 0.4) is 0 Å². The van der Waals surface area contributed by atoms with Crippen LogP contribution in [-0.2, 0) is 30.3 Å². The van der Waals surface area contributed by atoms with E-state index in [-0.39, 0.29) is 44.0 Å². The van der Waals surface area contributed by atoms with Crippen LogP contribution in [0, 0.1) is 5.92 Å². The number of piperazine rings is 1. The number of methoxy groups -OCH3 is 1. The Labute approximate surface area is 224 Å². The fourth-order valence-corrected chi connectivity index (χ4v) is 4.58. The average molecular weight is 532 g/mol. The predicted octanol–water partition coefficient (Wildman–Crippen LogP) is -0.114. The fraction of sp³-hybridized carbons (Fsp3) is 0.630. The van der Waals surface area contributed by atoms with Crippen LogP contribution in [0.5, 0.6) is 5.75 Å². The first kappa shape index (κ1) is 29.4. The second-order valence-corrected chi connectivity index (χ2v) is 10.4. The van der Waals surface area contributed by atoms with E-state index < -0.39 is 23.9 Å². The molecule has 3 aliphatic rings. The maximum atomic E-state index is 13.5. The molecule has 11 heteroatoms. The van der Waals surface area contributed by atoms with E-state index in [4.69, 9.17) is 9.47 Å². The smallest absolute Gasteiger partial charge is 0.258 e.